The number of aliphatic carboxylic acids is 1. The monoisotopic (exact) mass is 315 g/mol. The van der Waals surface area contributed by atoms with E-state index >= 15 is 0 Å². The molecule has 1 atom stereocenters. The first-order chi connectivity index (χ1) is 10.1. The molecule has 6 heteroatoms. The van der Waals surface area contributed by atoms with Crippen molar-refractivity contribution in [3.8, 4) is 0 Å². The number of likely N-dealkylation sites (N-methyl/N-ethyl adjacent to an activating group) is 1. The average molecular weight is 315 g/mol. The molecule has 1 heterocycles. The highest BCUT2D eigenvalue weighted by Gasteiger charge is 2.38. The van der Waals surface area contributed by atoms with Crippen LogP contribution >= 0.6 is 0 Å². The van der Waals surface area contributed by atoms with Crippen LogP contribution in [0.25, 0.3) is 0 Å². The first-order valence-electron chi connectivity index (χ1n) is 7.25. The van der Waals surface area contributed by atoms with Gasteiger partial charge in [0.2, 0.25) is 0 Å². The molecule has 122 valence electrons. The van der Waals surface area contributed by atoms with Crippen molar-refractivity contribution in [2.24, 2.45) is 5.41 Å². The standard InChI is InChI=1S/C16H20F3NO2/c1-4-20-9-10(8-15(2,3)14(21)22)12-7-11(16(17,18)19)5-6-13(12)20/h5-7,10H,4,8-9H2,1-3H3,(H,21,22). The molecule has 0 saturated carbocycles. The molecule has 1 N–H and O–H groups in total. The minimum atomic E-state index is -4.39. The zero-order chi connectivity index (χ0) is 16.7. The van der Waals surface area contributed by atoms with Gasteiger partial charge in [0.05, 0.1) is 11.0 Å². The highest BCUT2D eigenvalue weighted by atomic mass is 19.4. The molecule has 0 aromatic heterocycles. The van der Waals surface area contributed by atoms with Crippen LogP contribution in [-0.2, 0) is 11.0 Å². The number of hydrogen-bond donors (Lipinski definition) is 1. The van der Waals surface area contributed by atoms with Crippen LogP contribution in [-0.4, -0.2) is 24.2 Å². The summed E-state index contributed by atoms with van der Waals surface area (Å²) >= 11 is 0. The van der Waals surface area contributed by atoms with Crippen LogP contribution in [0, 0.1) is 5.41 Å². The molecule has 0 saturated heterocycles. The number of carbonyl (C=O) groups is 1. The van der Waals surface area contributed by atoms with Crippen LogP contribution in [0.5, 0.6) is 0 Å². The highest BCUT2D eigenvalue weighted by molar-refractivity contribution is 5.74. The molecule has 0 fully saturated rings. The minimum absolute atomic E-state index is 0.205. The predicted molar refractivity (Wildman–Crippen MR) is 78.1 cm³/mol. The summed E-state index contributed by atoms with van der Waals surface area (Å²) in [5.74, 6) is -1.14. The smallest absolute Gasteiger partial charge is 0.416 e. The summed E-state index contributed by atoms with van der Waals surface area (Å²) in [6.07, 6.45) is -4.07. The Labute approximate surface area is 127 Å². The van der Waals surface area contributed by atoms with Crippen molar-refractivity contribution in [3.05, 3.63) is 29.3 Å². The molecule has 0 amide bonds. The van der Waals surface area contributed by atoms with E-state index < -0.39 is 23.1 Å². The van der Waals surface area contributed by atoms with Gasteiger partial charge in [-0.15, -0.1) is 0 Å². The molecule has 3 nitrogen and oxygen atoms in total. The van der Waals surface area contributed by atoms with Crippen molar-refractivity contribution < 1.29 is 23.1 Å². The van der Waals surface area contributed by atoms with Crippen molar-refractivity contribution in [2.75, 3.05) is 18.0 Å². The summed E-state index contributed by atoms with van der Waals surface area (Å²) in [5, 5.41) is 9.26. The molecule has 0 radical (unpaired) electrons. The van der Waals surface area contributed by atoms with Crippen molar-refractivity contribution in [2.45, 2.75) is 39.3 Å². The third-order valence-corrected chi connectivity index (χ3v) is 4.29. The number of carboxylic acid groups (broad SMARTS) is 1. The summed E-state index contributed by atoms with van der Waals surface area (Å²) in [6.45, 7) is 6.40. The first kappa shape index (κ1) is 16.6. The molecule has 1 aliphatic heterocycles. The summed E-state index contributed by atoms with van der Waals surface area (Å²) in [6, 6.07) is 3.76. The van der Waals surface area contributed by atoms with E-state index in [9.17, 15) is 23.1 Å². The maximum atomic E-state index is 12.9. The Morgan fingerprint density at radius 3 is 2.50 bits per heavy atom. The second kappa shape index (κ2) is 5.48. The second-order valence-corrected chi connectivity index (χ2v) is 6.40. The number of fused-ring (bicyclic) bond motifs is 1. The lowest BCUT2D eigenvalue weighted by molar-refractivity contribution is -0.147. The Kier molecular flexibility index (Phi) is 4.15. The molecule has 1 aromatic carbocycles. The molecule has 1 aliphatic rings. The fraction of sp³-hybridized carbons (Fsp3) is 0.562. The van der Waals surface area contributed by atoms with E-state index in [0.29, 0.717) is 25.1 Å². The Hall–Kier alpha value is -1.72. The van der Waals surface area contributed by atoms with Crippen LogP contribution in [0.4, 0.5) is 18.9 Å². The summed E-state index contributed by atoms with van der Waals surface area (Å²) in [4.78, 5) is 13.3. The molecular weight excluding hydrogens is 295 g/mol. The minimum Gasteiger partial charge on any atom is -0.481 e. The van der Waals surface area contributed by atoms with Crippen molar-refractivity contribution in [1.82, 2.24) is 0 Å². The fourth-order valence-electron chi connectivity index (χ4n) is 2.99. The van der Waals surface area contributed by atoms with E-state index in [1.807, 2.05) is 11.8 Å². The van der Waals surface area contributed by atoms with E-state index in [1.54, 1.807) is 13.8 Å². The van der Waals surface area contributed by atoms with E-state index in [1.165, 1.54) is 12.1 Å². The van der Waals surface area contributed by atoms with Crippen molar-refractivity contribution >= 4 is 11.7 Å². The molecule has 1 unspecified atom stereocenters. The van der Waals surface area contributed by atoms with Gasteiger partial charge in [-0.25, -0.2) is 0 Å². The van der Waals surface area contributed by atoms with Gasteiger partial charge in [-0.05, 0) is 51.0 Å². The maximum absolute atomic E-state index is 12.9. The number of alkyl halides is 3. The first-order valence-corrected chi connectivity index (χ1v) is 7.25. The van der Waals surface area contributed by atoms with Crippen molar-refractivity contribution in [1.29, 1.82) is 0 Å². The number of anilines is 1. The average Bonchev–Trinajstić information content (AvgIpc) is 2.74. The lowest BCUT2D eigenvalue weighted by Crippen LogP contribution is -2.28. The molecule has 2 rings (SSSR count). The highest BCUT2D eigenvalue weighted by Crippen LogP contribution is 2.44. The van der Waals surface area contributed by atoms with Gasteiger partial charge in [-0.2, -0.15) is 13.2 Å². The van der Waals surface area contributed by atoms with Gasteiger partial charge in [0.25, 0.3) is 0 Å². The molecule has 0 aliphatic carbocycles. The Bertz CT molecular complexity index is 581. The third-order valence-electron chi connectivity index (χ3n) is 4.29. The van der Waals surface area contributed by atoms with E-state index in [4.69, 9.17) is 0 Å². The number of nitrogens with zero attached hydrogens (tertiary/aromatic N) is 1. The zero-order valence-electron chi connectivity index (χ0n) is 12.9. The molecule has 22 heavy (non-hydrogen) atoms. The van der Waals surface area contributed by atoms with E-state index in [2.05, 4.69) is 0 Å². The molecule has 0 bridgehead atoms. The largest absolute Gasteiger partial charge is 0.481 e. The van der Waals surface area contributed by atoms with Crippen LogP contribution in [0.1, 0.15) is 44.2 Å². The van der Waals surface area contributed by atoms with Gasteiger partial charge >= 0.3 is 12.1 Å². The van der Waals surface area contributed by atoms with Gasteiger partial charge in [-0.1, -0.05) is 0 Å². The number of carboxylic acids is 1. The van der Waals surface area contributed by atoms with Crippen molar-refractivity contribution in [3.63, 3.8) is 0 Å². The van der Waals surface area contributed by atoms with Gasteiger partial charge in [0, 0.05) is 24.7 Å². The third kappa shape index (κ3) is 3.05. The topological polar surface area (TPSA) is 40.5 Å². The Morgan fingerprint density at radius 2 is 2.00 bits per heavy atom. The number of halogens is 3. The number of benzene rings is 1. The normalized spacial score (nSPS) is 18.5. The zero-order valence-corrected chi connectivity index (χ0v) is 12.9. The van der Waals surface area contributed by atoms with Gasteiger partial charge in [0.1, 0.15) is 0 Å². The van der Waals surface area contributed by atoms with Crippen LogP contribution < -0.4 is 4.90 Å². The number of hydrogen-bond acceptors (Lipinski definition) is 2. The lowest BCUT2D eigenvalue weighted by Gasteiger charge is -2.24. The lowest BCUT2D eigenvalue weighted by atomic mass is 9.80. The molecule has 0 spiro atoms. The summed E-state index contributed by atoms with van der Waals surface area (Å²) in [5.41, 5.74) is -0.269. The van der Waals surface area contributed by atoms with Crippen LogP contribution in [0.3, 0.4) is 0 Å². The summed E-state index contributed by atoms with van der Waals surface area (Å²) < 4.78 is 38.8. The van der Waals surface area contributed by atoms with E-state index in [0.717, 1.165) is 11.8 Å². The van der Waals surface area contributed by atoms with Gasteiger partial charge < -0.3 is 10.0 Å². The molecular formula is C16H20F3NO2. The predicted octanol–water partition coefficient (Wildman–Crippen LogP) is 4.13. The molecule has 1 aromatic rings. The quantitative estimate of drug-likeness (QED) is 0.908. The number of rotatable bonds is 4. The Balaban J connectivity index is 2.40. The van der Waals surface area contributed by atoms with Crippen LogP contribution in [0.2, 0.25) is 0 Å². The van der Waals surface area contributed by atoms with Gasteiger partial charge in [0.15, 0.2) is 0 Å². The maximum Gasteiger partial charge on any atom is 0.416 e. The fourth-order valence-corrected chi connectivity index (χ4v) is 2.99. The van der Waals surface area contributed by atoms with E-state index in [-0.39, 0.29) is 5.92 Å². The Morgan fingerprint density at radius 1 is 1.36 bits per heavy atom. The summed E-state index contributed by atoms with van der Waals surface area (Å²) in [7, 11) is 0. The van der Waals surface area contributed by atoms with Gasteiger partial charge in [-0.3, -0.25) is 4.79 Å². The SMILES string of the molecule is CCN1CC(CC(C)(C)C(=O)O)c2cc(C(F)(F)F)ccc21. The van der Waals surface area contributed by atoms with Crippen LogP contribution in [0.15, 0.2) is 18.2 Å². The second-order valence-electron chi connectivity index (χ2n) is 6.40.